The molecule has 1 heterocycles. The highest BCUT2D eigenvalue weighted by molar-refractivity contribution is 5.82. The highest BCUT2D eigenvalue weighted by atomic mass is 16.2. The Kier molecular flexibility index (Phi) is 2.87. The summed E-state index contributed by atoms with van der Waals surface area (Å²) in [5.74, 6) is 0.212. The Balaban J connectivity index is 2.64. The van der Waals surface area contributed by atoms with Crippen molar-refractivity contribution in [3.05, 3.63) is 12.7 Å². The first-order valence-electron chi connectivity index (χ1n) is 4.23. The van der Waals surface area contributed by atoms with Gasteiger partial charge in [0.25, 0.3) is 0 Å². The van der Waals surface area contributed by atoms with E-state index < -0.39 is 0 Å². The van der Waals surface area contributed by atoms with Gasteiger partial charge in [-0.05, 0) is 13.5 Å². The summed E-state index contributed by atoms with van der Waals surface area (Å²) in [6.07, 6.45) is 2.55. The number of carbonyl (C=O) groups is 1. The van der Waals surface area contributed by atoms with Crippen LogP contribution in [0.15, 0.2) is 12.7 Å². The van der Waals surface area contributed by atoms with Crippen LogP contribution in [0.2, 0.25) is 0 Å². The van der Waals surface area contributed by atoms with Crippen LogP contribution in [0, 0.1) is 0 Å². The monoisotopic (exact) mass is 168 g/mol. The normalized spacial score (nSPS) is 26.0. The zero-order chi connectivity index (χ0) is 9.14. The van der Waals surface area contributed by atoms with Crippen LogP contribution >= 0.6 is 0 Å². The number of amides is 1. The Bertz CT molecular complexity index is 191. The number of hydrogen-bond donors (Lipinski definition) is 0. The van der Waals surface area contributed by atoms with Crippen molar-refractivity contribution in [3.8, 4) is 0 Å². The predicted molar refractivity (Wildman–Crippen MR) is 48.9 cm³/mol. The zero-order valence-electron chi connectivity index (χ0n) is 7.79. The van der Waals surface area contributed by atoms with Gasteiger partial charge in [-0.15, -0.1) is 6.58 Å². The Morgan fingerprint density at radius 3 is 2.83 bits per heavy atom. The molecule has 0 aromatic carbocycles. The second-order valence-electron chi connectivity index (χ2n) is 3.28. The molecular weight excluding hydrogens is 152 g/mol. The van der Waals surface area contributed by atoms with Gasteiger partial charge in [0.2, 0.25) is 5.91 Å². The van der Waals surface area contributed by atoms with Gasteiger partial charge in [0.05, 0.1) is 6.04 Å². The van der Waals surface area contributed by atoms with Crippen molar-refractivity contribution in [2.45, 2.75) is 12.5 Å². The Hall–Kier alpha value is -0.830. The van der Waals surface area contributed by atoms with Crippen molar-refractivity contribution in [3.63, 3.8) is 0 Å². The lowest BCUT2D eigenvalue weighted by Gasteiger charge is -2.36. The summed E-state index contributed by atoms with van der Waals surface area (Å²) >= 11 is 0. The van der Waals surface area contributed by atoms with E-state index in [1.807, 2.05) is 14.1 Å². The van der Waals surface area contributed by atoms with Crippen LogP contribution < -0.4 is 0 Å². The van der Waals surface area contributed by atoms with Gasteiger partial charge in [-0.2, -0.15) is 0 Å². The van der Waals surface area contributed by atoms with Crippen LogP contribution in [0.4, 0.5) is 0 Å². The number of likely N-dealkylation sites (N-methyl/N-ethyl adjacent to an activating group) is 2. The minimum atomic E-state index is 0.0150. The van der Waals surface area contributed by atoms with Gasteiger partial charge >= 0.3 is 0 Å². The van der Waals surface area contributed by atoms with E-state index >= 15 is 0 Å². The zero-order valence-corrected chi connectivity index (χ0v) is 7.79. The fourth-order valence-electron chi connectivity index (χ4n) is 1.46. The average Bonchev–Trinajstić information content (AvgIpc) is 2.06. The highest BCUT2D eigenvalue weighted by Gasteiger charge is 2.28. The van der Waals surface area contributed by atoms with Crippen molar-refractivity contribution >= 4 is 5.91 Å². The third-order valence-corrected chi connectivity index (χ3v) is 2.37. The molecule has 1 saturated heterocycles. The van der Waals surface area contributed by atoms with E-state index in [1.165, 1.54) is 0 Å². The Labute approximate surface area is 73.6 Å². The topological polar surface area (TPSA) is 23.6 Å². The van der Waals surface area contributed by atoms with Crippen LogP contribution in [0.3, 0.4) is 0 Å². The number of rotatable bonds is 2. The third kappa shape index (κ3) is 1.67. The Morgan fingerprint density at radius 1 is 1.58 bits per heavy atom. The molecule has 68 valence electrons. The van der Waals surface area contributed by atoms with E-state index in [2.05, 4.69) is 11.5 Å². The molecule has 1 amide bonds. The van der Waals surface area contributed by atoms with Gasteiger partial charge < -0.3 is 4.90 Å². The lowest BCUT2D eigenvalue weighted by molar-refractivity contribution is -0.139. The number of carbonyl (C=O) groups excluding carboxylic acids is 1. The van der Waals surface area contributed by atoms with Gasteiger partial charge in [-0.3, -0.25) is 9.69 Å². The first-order valence-corrected chi connectivity index (χ1v) is 4.23. The molecule has 3 nitrogen and oxygen atoms in total. The number of nitrogens with zero attached hydrogens (tertiary/aromatic N) is 2. The van der Waals surface area contributed by atoms with Crippen molar-refractivity contribution in [2.24, 2.45) is 0 Å². The quantitative estimate of drug-likeness (QED) is 0.555. The van der Waals surface area contributed by atoms with Crippen molar-refractivity contribution in [2.75, 3.05) is 27.2 Å². The number of hydrogen-bond acceptors (Lipinski definition) is 2. The first-order chi connectivity index (χ1) is 5.66. The molecule has 12 heavy (non-hydrogen) atoms. The van der Waals surface area contributed by atoms with Gasteiger partial charge in [0, 0.05) is 20.1 Å². The summed E-state index contributed by atoms with van der Waals surface area (Å²) in [6, 6.07) is 0.0150. The summed E-state index contributed by atoms with van der Waals surface area (Å²) in [5.41, 5.74) is 0. The summed E-state index contributed by atoms with van der Waals surface area (Å²) in [4.78, 5) is 15.4. The molecule has 0 spiro atoms. The minimum absolute atomic E-state index is 0.0150. The van der Waals surface area contributed by atoms with Crippen LogP contribution in [-0.4, -0.2) is 48.9 Å². The maximum absolute atomic E-state index is 11.6. The standard InChI is InChI=1S/C9H16N2O/c1-4-5-8-9(12)11(3)7-6-10(8)2/h4,8H,1,5-7H2,2-3H3. The second-order valence-corrected chi connectivity index (χ2v) is 3.28. The van der Waals surface area contributed by atoms with E-state index in [-0.39, 0.29) is 11.9 Å². The van der Waals surface area contributed by atoms with E-state index in [9.17, 15) is 4.79 Å². The van der Waals surface area contributed by atoms with Crippen LogP contribution in [0.1, 0.15) is 6.42 Å². The first kappa shape index (κ1) is 9.26. The largest absolute Gasteiger partial charge is 0.343 e. The highest BCUT2D eigenvalue weighted by Crippen LogP contribution is 2.10. The maximum atomic E-state index is 11.6. The van der Waals surface area contributed by atoms with Crippen LogP contribution in [0.25, 0.3) is 0 Å². The summed E-state index contributed by atoms with van der Waals surface area (Å²) in [5, 5.41) is 0. The fraction of sp³-hybridized carbons (Fsp3) is 0.667. The van der Waals surface area contributed by atoms with Crippen molar-refractivity contribution in [1.29, 1.82) is 0 Å². The van der Waals surface area contributed by atoms with E-state index in [1.54, 1.807) is 11.0 Å². The molecular formula is C9H16N2O. The minimum Gasteiger partial charge on any atom is -0.343 e. The molecule has 0 saturated carbocycles. The van der Waals surface area contributed by atoms with E-state index in [0.29, 0.717) is 0 Å². The molecule has 1 rings (SSSR count). The number of piperazine rings is 1. The summed E-state index contributed by atoms with van der Waals surface area (Å²) in [7, 11) is 3.84. The molecule has 1 aliphatic rings. The van der Waals surface area contributed by atoms with Crippen LogP contribution in [0.5, 0.6) is 0 Å². The third-order valence-electron chi connectivity index (χ3n) is 2.37. The van der Waals surface area contributed by atoms with Gasteiger partial charge in [0.1, 0.15) is 0 Å². The van der Waals surface area contributed by atoms with Gasteiger partial charge in [-0.1, -0.05) is 6.08 Å². The fourth-order valence-corrected chi connectivity index (χ4v) is 1.46. The second kappa shape index (κ2) is 3.72. The van der Waals surface area contributed by atoms with E-state index in [4.69, 9.17) is 0 Å². The summed E-state index contributed by atoms with van der Waals surface area (Å²) < 4.78 is 0. The lowest BCUT2D eigenvalue weighted by Crippen LogP contribution is -2.53. The summed E-state index contributed by atoms with van der Waals surface area (Å²) in [6.45, 7) is 5.45. The molecule has 1 unspecified atom stereocenters. The molecule has 0 aromatic rings. The molecule has 1 fully saturated rings. The maximum Gasteiger partial charge on any atom is 0.240 e. The van der Waals surface area contributed by atoms with Gasteiger partial charge in [0.15, 0.2) is 0 Å². The molecule has 0 N–H and O–H groups in total. The van der Waals surface area contributed by atoms with Crippen molar-refractivity contribution < 1.29 is 4.79 Å². The Morgan fingerprint density at radius 2 is 2.25 bits per heavy atom. The SMILES string of the molecule is C=CCC1C(=O)N(C)CCN1C. The molecule has 3 heteroatoms. The molecule has 0 bridgehead atoms. The van der Waals surface area contributed by atoms with Crippen molar-refractivity contribution in [1.82, 2.24) is 9.80 Å². The predicted octanol–water partition coefficient (Wildman–Crippen LogP) is 0.335. The smallest absolute Gasteiger partial charge is 0.240 e. The molecule has 1 aliphatic heterocycles. The van der Waals surface area contributed by atoms with Crippen LogP contribution in [-0.2, 0) is 4.79 Å². The lowest BCUT2D eigenvalue weighted by atomic mass is 10.1. The average molecular weight is 168 g/mol. The van der Waals surface area contributed by atoms with Gasteiger partial charge in [-0.25, -0.2) is 0 Å². The molecule has 0 aromatic heterocycles. The van der Waals surface area contributed by atoms with E-state index in [0.717, 1.165) is 19.5 Å². The molecule has 1 atom stereocenters. The molecule has 0 radical (unpaired) electrons. The molecule has 0 aliphatic carbocycles.